The number of fused-ring (bicyclic) bond motifs is 1. The molecule has 0 amide bonds. The number of alkyl halides is 1. The lowest BCUT2D eigenvalue weighted by atomic mass is 10.2. The molecule has 2 aromatic rings. The van der Waals surface area contributed by atoms with Crippen LogP contribution in [0.1, 0.15) is 43.4 Å². The Morgan fingerprint density at radius 2 is 2.32 bits per heavy atom. The zero-order valence-corrected chi connectivity index (χ0v) is 12.0. The third kappa shape index (κ3) is 2.23. The van der Waals surface area contributed by atoms with Gasteiger partial charge in [-0.3, -0.25) is 4.98 Å². The molecular weight excluding hydrogens is 262 g/mol. The van der Waals surface area contributed by atoms with Crippen LogP contribution in [0.25, 0.3) is 11.0 Å². The molecule has 3 atom stereocenters. The van der Waals surface area contributed by atoms with Gasteiger partial charge in [-0.15, -0.1) is 11.6 Å². The molecular formula is C14H18ClN3O. The summed E-state index contributed by atoms with van der Waals surface area (Å²) in [4.78, 5) is 8.78. The highest BCUT2D eigenvalue weighted by Gasteiger charge is 2.29. The highest BCUT2D eigenvalue weighted by molar-refractivity contribution is 6.20. The number of ether oxygens (including phenoxy) is 1. The Kier molecular flexibility index (Phi) is 3.46. The highest BCUT2D eigenvalue weighted by Crippen LogP contribution is 2.37. The predicted octanol–water partition coefficient (Wildman–Crippen LogP) is 3.47. The molecule has 2 aromatic heterocycles. The molecule has 0 N–H and O–H groups in total. The average Bonchev–Trinajstić information content (AvgIpc) is 3.02. The minimum absolute atomic E-state index is 0.103. The fraction of sp³-hybridized carbons (Fsp3) is 0.571. The van der Waals surface area contributed by atoms with Crippen LogP contribution in [0.5, 0.6) is 0 Å². The van der Waals surface area contributed by atoms with Gasteiger partial charge in [0.25, 0.3) is 0 Å². The number of aromatic nitrogens is 3. The van der Waals surface area contributed by atoms with E-state index in [1.165, 1.54) is 0 Å². The minimum atomic E-state index is -0.103. The number of pyridine rings is 1. The van der Waals surface area contributed by atoms with E-state index in [4.69, 9.17) is 16.3 Å². The molecule has 1 fully saturated rings. The Hall–Kier alpha value is -1.13. The molecule has 0 saturated heterocycles. The topological polar surface area (TPSA) is 39.9 Å². The molecule has 2 heterocycles. The van der Waals surface area contributed by atoms with Crippen LogP contribution in [0.15, 0.2) is 18.5 Å². The third-order valence-corrected chi connectivity index (χ3v) is 4.13. The number of imidazole rings is 1. The van der Waals surface area contributed by atoms with Gasteiger partial charge in [-0.05, 0) is 32.3 Å². The van der Waals surface area contributed by atoms with Crippen LogP contribution in [0.2, 0.25) is 0 Å². The van der Waals surface area contributed by atoms with Crippen LogP contribution in [0, 0.1) is 0 Å². The first kappa shape index (κ1) is 12.9. The lowest BCUT2D eigenvalue weighted by molar-refractivity contribution is 0.106. The van der Waals surface area contributed by atoms with Crippen LogP contribution in [-0.2, 0) is 4.74 Å². The summed E-state index contributed by atoms with van der Waals surface area (Å²) in [5, 5.41) is -0.103. The molecule has 4 nitrogen and oxygen atoms in total. The number of methoxy groups -OCH3 is 1. The third-order valence-electron chi connectivity index (χ3n) is 3.93. The molecule has 102 valence electrons. The van der Waals surface area contributed by atoms with Crippen LogP contribution < -0.4 is 0 Å². The van der Waals surface area contributed by atoms with Crippen molar-refractivity contribution in [2.45, 2.75) is 43.7 Å². The SMILES string of the molecule is COC1CCC(n2c(C(C)Cl)nc3cnccc32)C1. The second-order valence-electron chi connectivity index (χ2n) is 5.14. The van der Waals surface area contributed by atoms with Crippen molar-refractivity contribution in [2.24, 2.45) is 0 Å². The van der Waals surface area contributed by atoms with Crippen LogP contribution in [-0.4, -0.2) is 27.7 Å². The van der Waals surface area contributed by atoms with Gasteiger partial charge in [0, 0.05) is 19.3 Å². The summed E-state index contributed by atoms with van der Waals surface area (Å²) >= 11 is 6.29. The fourth-order valence-electron chi connectivity index (χ4n) is 3.00. The second-order valence-corrected chi connectivity index (χ2v) is 5.80. The van der Waals surface area contributed by atoms with Crippen molar-refractivity contribution in [2.75, 3.05) is 7.11 Å². The number of hydrogen-bond acceptors (Lipinski definition) is 3. The van der Waals surface area contributed by atoms with Crippen LogP contribution in [0.3, 0.4) is 0 Å². The van der Waals surface area contributed by atoms with Crippen molar-refractivity contribution in [3.8, 4) is 0 Å². The van der Waals surface area contributed by atoms with Crippen LogP contribution >= 0.6 is 11.6 Å². The molecule has 3 unspecified atom stereocenters. The van der Waals surface area contributed by atoms with Crippen molar-refractivity contribution in [3.63, 3.8) is 0 Å². The largest absolute Gasteiger partial charge is 0.381 e. The Morgan fingerprint density at radius 1 is 1.47 bits per heavy atom. The first-order valence-electron chi connectivity index (χ1n) is 6.69. The number of hydrogen-bond donors (Lipinski definition) is 0. The van der Waals surface area contributed by atoms with Crippen molar-refractivity contribution in [1.82, 2.24) is 14.5 Å². The van der Waals surface area contributed by atoms with Gasteiger partial charge in [-0.25, -0.2) is 4.98 Å². The molecule has 19 heavy (non-hydrogen) atoms. The molecule has 0 aliphatic heterocycles. The van der Waals surface area contributed by atoms with Gasteiger partial charge in [0.15, 0.2) is 0 Å². The van der Waals surface area contributed by atoms with E-state index in [2.05, 4.69) is 14.5 Å². The Labute approximate surface area is 117 Å². The first-order chi connectivity index (χ1) is 9.20. The average molecular weight is 280 g/mol. The molecule has 0 spiro atoms. The molecule has 3 rings (SSSR count). The maximum atomic E-state index is 6.29. The number of nitrogens with zero attached hydrogens (tertiary/aromatic N) is 3. The Balaban J connectivity index is 2.08. The van der Waals surface area contributed by atoms with E-state index in [1.807, 2.05) is 19.2 Å². The van der Waals surface area contributed by atoms with E-state index in [9.17, 15) is 0 Å². The van der Waals surface area contributed by atoms with Gasteiger partial charge in [-0.1, -0.05) is 0 Å². The molecule has 1 saturated carbocycles. The zero-order chi connectivity index (χ0) is 13.4. The van der Waals surface area contributed by atoms with Gasteiger partial charge in [0.05, 0.1) is 23.2 Å². The Morgan fingerprint density at radius 3 is 3.00 bits per heavy atom. The van der Waals surface area contributed by atoms with Gasteiger partial charge in [-0.2, -0.15) is 0 Å². The minimum Gasteiger partial charge on any atom is -0.381 e. The summed E-state index contributed by atoms with van der Waals surface area (Å²) in [5.74, 6) is 0.936. The maximum Gasteiger partial charge on any atom is 0.128 e. The summed E-state index contributed by atoms with van der Waals surface area (Å²) in [7, 11) is 1.79. The summed E-state index contributed by atoms with van der Waals surface area (Å²) < 4.78 is 7.76. The van der Waals surface area contributed by atoms with Crippen molar-refractivity contribution < 1.29 is 4.74 Å². The monoisotopic (exact) mass is 279 g/mol. The maximum absolute atomic E-state index is 6.29. The predicted molar refractivity (Wildman–Crippen MR) is 75.5 cm³/mol. The van der Waals surface area contributed by atoms with E-state index in [-0.39, 0.29) is 5.38 Å². The summed E-state index contributed by atoms with van der Waals surface area (Å²) in [6, 6.07) is 2.44. The summed E-state index contributed by atoms with van der Waals surface area (Å²) in [5.41, 5.74) is 2.05. The van der Waals surface area contributed by atoms with E-state index in [1.54, 1.807) is 13.3 Å². The molecule has 1 aliphatic carbocycles. The first-order valence-corrected chi connectivity index (χ1v) is 7.13. The molecule has 5 heteroatoms. The molecule has 0 radical (unpaired) electrons. The standard InChI is InChI=1S/C14H18ClN3O/c1-9(15)14-17-12-8-16-6-5-13(12)18(14)10-3-4-11(7-10)19-2/h5-6,8-11H,3-4,7H2,1-2H3. The fourth-order valence-corrected chi connectivity index (χ4v) is 3.15. The van der Waals surface area contributed by atoms with Crippen molar-refractivity contribution >= 4 is 22.6 Å². The van der Waals surface area contributed by atoms with E-state index < -0.39 is 0 Å². The van der Waals surface area contributed by atoms with E-state index in [0.29, 0.717) is 12.1 Å². The lowest BCUT2D eigenvalue weighted by Gasteiger charge is -2.18. The van der Waals surface area contributed by atoms with E-state index >= 15 is 0 Å². The summed E-state index contributed by atoms with van der Waals surface area (Å²) in [6.07, 6.45) is 7.21. The van der Waals surface area contributed by atoms with Crippen molar-refractivity contribution in [3.05, 3.63) is 24.3 Å². The number of rotatable bonds is 3. The molecule has 0 aromatic carbocycles. The highest BCUT2D eigenvalue weighted by atomic mass is 35.5. The van der Waals surface area contributed by atoms with Gasteiger partial charge >= 0.3 is 0 Å². The van der Waals surface area contributed by atoms with E-state index in [0.717, 1.165) is 36.1 Å². The smallest absolute Gasteiger partial charge is 0.128 e. The normalized spacial score (nSPS) is 25.0. The molecule has 0 bridgehead atoms. The van der Waals surface area contributed by atoms with Crippen molar-refractivity contribution in [1.29, 1.82) is 0 Å². The Bertz CT molecular complexity index is 581. The zero-order valence-electron chi connectivity index (χ0n) is 11.2. The van der Waals surface area contributed by atoms with Gasteiger partial charge in [0.2, 0.25) is 0 Å². The van der Waals surface area contributed by atoms with Crippen LogP contribution in [0.4, 0.5) is 0 Å². The summed E-state index contributed by atoms with van der Waals surface area (Å²) in [6.45, 7) is 1.97. The lowest BCUT2D eigenvalue weighted by Crippen LogP contribution is -2.12. The second kappa shape index (κ2) is 5.10. The van der Waals surface area contributed by atoms with Gasteiger partial charge in [0.1, 0.15) is 11.3 Å². The quantitative estimate of drug-likeness (QED) is 0.808. The number of halogens is 1. The van der Waals surface area contributed by atoms with Gasteiger partial charge < -0.3 is 9.30 Å². The molecule has 1 aliphatic rings.